The molecule has 0 amide bonds. The molecule has 1 radical (unpaired) electrons. The topological polar surface area (TPSA) is 23.1 Å². The number of hydrogen-bond donors (Lipinski definition) is 0. The highest BCUT2D eigenvalue weighted by Crippen LogP contribution is 2.46. The molecule has 0 aromatic rings. The van der Waals surface area contributed by atoms with Crippen molar-refractivity contribution in [2.24, 2.45) is 0 Å². The molecule has 1 aliphatic rings. The molecule has 1 aliphatic heterocycles. The maximum Gasteiger partial charge on any atom is 0.0667 e. The quantitative estimate of drug-likeness (QED) is 0.192. The van der Waals surface area contributed by atoms with Crippen molar-refractivity contribution in [2.45, 2.75) is 116 Å². The molecule has 0 saturated carbocycles. The van der Waals surface area contributed by atoms with Crippen LogP contribution < -0.4 is 0 Å². The van der Waals surface area contributed by atoms with Crippen LogP contribution in [0.3, 0.4) is 0 Å². The zero-order chi connectivity index (χ0) is 18.2. The molecule has 0 bridgehead atoms. The number of nitrogens with zero attached hydrogens (tertiary/aromatic N) is 1. The lowest BCUT2D eigenvalue weighted by atomic mass is 9.88. The van der Waals surface area contributed by atoms with Gasteiger partial charge in [0, 0.05) is 5.33 Å². The Morgan fingerprint density at radius 3 is 1.62 bits per heavy atom. The molecule has 0 unspecified atom stereocenters. The highest BCUT2D eigenvalue weighted by Gasteiger charge is 2.50. The minimum atomic E-state index is -0.374. The van der Waals surface area contributed by atoms with E-state index < -0.39 is 0 Å². The predicted molar refractivity (Wildman–Crippen MR) is 108 cm³/mol. The minimum absolute atomic E-state index is 0.355. The molecule has 3 heteroatoms. The van der Waals surface area contributed by atoms with E-state index in [2.05, 4.69) is 50.5 Å². The molecule has 0 aromatic carbocycles. The molecule has 0 fully saturated rings. The Hall–Kier alpha value is 0.140. The first-order valence-corrected chi connectivity index (χ1v) is 11.2. The van der Waals surface area contributed by atoms with E-state index in [4.69, 9.17) is 0 Å². The Morgan fingerprint density at radius 2 is 1.17 bits per heavy atom. The normalized spacial score (nSPS) is 20.1. The summed E-state index contributed by atoms with van der Waals surface area (Å²) >= 11 is 3.62. The van der Waals surface area contributed by atoms with Crippen molar-refractivity contribution < 1.29 is 5.21 Å². The second-order valence-corrected chi connectivity index (χ2v) is 9.00. The number of alkyl halides is 1. The Bertz CT molecular complexity index is 401. The van der Waals surface area contributed by atoms with E-state index in [0.29, 0.717) is 0 Å². The van der Waals surface area contributed by atoms with Gasteiger partial charge in [0.2, 0.25) is 0 Å². The molecule has 0 saturated heterocycles. The van der Waals surface area contributed by atoms with Crippen molar-refractivity contribution in [2.75, 3.05) is 5.33 Å². The molecule has 0 spiro atoms. The molecule has 2 nitrogen and oxygen atoms in total. The maximum atomic E-state index is 12.7. The van der Waals surface area contributed by atoms with Gasteiger partial charge in [-0.15, -0.1) is 10.3 Å². The predicted octanol–water partition coefficient (Wildman–Crippen LogP) is 7.21. The van der Waals surface area contributed by atoms with Crippen LogP contribution in [0, 0.1) is 0 Å². The fourth-order valence-corrected chi connectivity index (χ4v) is 5.20. The van der Waals surface area contributed by atoms with Crippen molar-refractivity contribution in [1.29, 1.82) is 0 Å². The first kappa shape index (κ1) is 22.2. The monoisotopic (exact) mass is 400 g/mol. The van der Waals surface area contributed by atoms with Crippen LogP contribution in [0.1, 0.15) is 105 Å². The van der Waals surface area contributed by atoms with Gasteiger partial charge in [-0.3, -0.25) is 0 Å². The summed E-state index contributed by atoms with van der Waals surface area (Å²) in [5, 5.41) is 14.8. The van der Waals surface area contributed by atoms with Crippen LogP contribution in [0.5, 0.6) is 0 Å². The number of halogens is 1. The van der Waals surface area contributed by atoms with E-state index in [9.17, 15) is 5.21 Å². The van der Waals surface area contributed by atoms with Crippen molar-refractivity contribution in [3.8, 4) is 0 Å². The van der Waals surface area contributed by atoms with Gasteiger partial charge in [0.1, 0.15) is 0 Å². The lowest BCUT2D eigenvalue weighted by molar-refractivity contribution is -0.240. The van der Waals surface area contributed by atoms with E-state index in [1.54, 1.807) is 0 Å². The van der Waals surface area contributed by atoms with Gasteiger partial charge in [-0.2, -0.15) is 0 Å². The summed E-state index contributed by atoms with van der Waals surface area (Å²) in [7, 11) is 0. The lowest BCUT2D eigenvalue weighted by Crippen LogP contribution is -2.47. The molecule has 0 N–H and O–H groups in total. The van der Waals surface area contributed by atoms with Crippen LogP contribution in [0.15, 0.2) is 11.1 Å². The van der Waals surface area contributed by atoms with Gasteiger partial charge in [0.25, 0.3) is 0 Å². The highest BCUT2D eigenvalue weighted by molar-refractivity contribution is 9.09. The van der Waals surface area contributed by atoms with Crippen LogP contribution >= 0.6 is 15.9 Å². The summed E-state index contributed by atoms with van der Waals surface area (Å²) in [4.78, 5) is 0. The summed E-state index contributed by atoms with van der Waals surface area (Å²) in [5.41, 5.74) is 1.95. The van der Waals surface area contributed by atoms with Gasteiger partial charge in [-0.25, -0.2) is 0 Å². The van der Waals surface area contributed by atoms with Crippen LogP contribution in [-0.2, 0) is 5.21 Å². The van der Waals surface area contributed by atoms with Crippen molar-refractivity contribution in [3.05, 3.63) is 11.1 Å². The van der Waals surface area contributed by atoms with Crippen molar-refractivity contribution >= 4 is 15.9 Å². The average molecular weight is 401 g/mol. The third-order valence-corrected chi connectivity index (χ3v) is 6.33. The first-order chi connectivity index (χ1) is 11.3. The van der Waals surface area contributed by atoms with Crippen molar-refractivity contribution in [1.82, 2.24) is 5.06 Å². The minimum Gasteiger partial charge on any atom is -0.136 e. The third-order valence-electron chi connectivity index (χ3n) is 5.77. The van der Waals surface area contributed by atoms with E-state index in [1.807, 2.05) is 0 Å². The van der Waals surface area contributed by atoms with Gasteiger partial charge in [0.15, 0.2) is 0 Å². The number of rotatable bonds is 12. The van der Waals surface area contributed by atoms with Crippen molar-refractivity contribution in [3.63, 3.8) is 0 Å². The highest BCUT2D eigenvalue weighted by atomic mass is 79.9. The lowest BCUT2D eigenvalue weighted by Gasteiger charge is -2.34. The molecule has 24 heavy (non-hydrogen) atoms. The van der Waals surface area contributed by atoms with Crippen LogP contribution in [0.25, 0.3) is 0 Å². The summed E-state index contributed by atoms with van der Waals surface area (Å²) in [6.07, 6.45) is 14.7. The fraction of sp³-hybridized carbons (Fsp3) is 0.905. The average Bonchev–Trinajstić information content (AvgIpc) is 2.66. The van der Waals surface area contributed by atoms with E-state index in [-0.39, 0.29) is 11.1 Å². The molecule has 0 aliphatic carbocycles. The van der Waals surface area contributed by atoms with Crippen LogP contribution in [0.4, 0.5) is 0 Å². The second-order valence-electron chi connectivity index (χ2n) is 8.44. The molecular weight excluding hydrogens is 362 g/mol. The molecule has 0 atom stereocenters. The van der Waals surface area contributed by atoms with Crippen LogP contribution in [0.2, 0.25) is 0 Å². The summed E-state index contributed by atoms with van der Waals surface area (Å²) < 4.78 is 0. The van der Waals surface area contributed by atoms with E-state index in [0.717, 1.165) is 11.8 Å². The van der Waals surface area contributed by atoms with E-state index >= 15 is 0 Å². The second kappa shape index (κ2) is 10.3. The summed E-state index contributed by atoms with van der Waals surface area (Å²) in [6.45, 7) is 10.6. The number of hydrogen-bond acceptors (Lipinski definition) is 1. The maximum absolute atomic E-state index is 12.7. The number of hydroxylamine groups is 2. The number of unbranched alkanes of at least 4 members (excludes halogenated alkanes) is 9. The molecule has 1 rings (SSSR count). The third kappa shape index (κ3) is 5.57. The molecular formula is C21H39BrNO. The Kier molecular flexibility index (Phi) is 9.55. The van der Waals surface area contributed by atoms with Gasteiger partial charge >= 0.3 is 0 Å². The Morgan fingerprint density at radius 1 is 0.750 bits per heavy atom. The van der Waals surface area contributed by atoms with Crippen LogP contribution in [-0.4, -0.2) is 21.5 Å². The Balaban J connectivity index is 2.31. The van der Waals surface area contributed by atoms with Gasteiger partial charge < -0.3 is 0 Å². The van der Waals surface area contributed by atoms with Gasteiger partial charge in [0.05, 0.1) is 11.1 Å². The SMILES string of the molecule is CCCCCCCCCCCCC1=C(CBr)C(C)(C)N([O])C1(C)C. The van der Waals surface area contributed by atoms with Gasteiger partial charge in [-0.1, -0.05) is 80.6 Å². The van der Waals surface area contributed by atoms with E-state index in [1.165, 1.54) is 80.4 Å². The smallest absolute Gasteiger partial charge is 0.0667 e. The Labute approximate surface area is 159 Å². The summed E-state index contributed by atoms with van der Waals surface area (Å²) in [6, 6.07) is 0. The zero-order valence-corrected chi connectivity index (χ0v) is 18.3. The fourth-order valence-electron chi connectivity index (χ4n) is 4.17. The zero-order valence-electron chi connectivity index (χ0n) is 16.7. The van der Waals surface area contributed by atoms with Gasteiger partial charge in [-0.05, 0) is 51.7 Å². The summed E-state index contributed by atoms with van der Waals surface area (Å²) in [5.74, 6) is 0. The molecule has 0 aromatic heterocycles. The molecule has 141 valence electrons. The largest absolute Gasteiger partial charge is 0.136 e. The standard InChI is InChI=1S/C21H39BrNO/c1-6-7-8-9-10-11-12-13-14-15-16-18-19(17-22)21(4,5)23(24)20(18,2)3/h6-17H2,1-5H3. The first-order valence-electron chi connectivity index (χ1n) is 10.1. The molecule has 1 heterocycles.